The van der Waals surface area contributed by atoms with Gasteiger partial charge in [-0.3, -0.25) is 0 Å². The van der Waals surface area contributed by atoms with Crippen molar-refractivity contribution in [3.05, 3.63) is 102 Å². The van der Waals surface area contributed by atoms with Crippen LogP contribution < -0.4 is 0 Å². The maximum atomic E-state index is 13.7. The summed E-state index contributed by atoms with van der Waals surface area (Å²) in [6.45, 7) is 2.02. The van der Waals surface area contributed by atoms with Crippen LogP contribution in [-0.4, -0.2) is 25.8 Å². The molecule has 3 rings (SSSR count). The van der Waals surface area contributed by atoms with Crippen molar-refractivity contribution in [2.24, 2.45) is 0 Å². The SMILES string of the molecule is COC(=O)c1ccccc1S(=O)(=O)N(Cc1ccccc1)C(C)c1ccccc1. The van der Waals surface area contributed by atoms with E-state index >= 15 is 0 Å². The molecule has 1 unspecified atom stereocenters. The van der Waals surface area contributed by atoms with Crippen molar-refractivity contribution in [2.45, 2.75) is 24.4 Å². The molecule has 0 aliphatic heterocycles. The number of benzene rings is 3. The Hall–Kier alpha value is -2.96. The van der Waals surface area contributed by atoms with Gasteiger partial charge in [0.15, 0.2) is 0 Å². The first-order valence-electron chi connectivity index (χ1n) is 9.23. The number of nitrogens with zero attached hydrogens (tertiary/aromatic N) is 1. The molecule has 6 heteroatoms. The summed E-state index contributed by atoms with van der Waals surface area (Å²) in [5.41, 5.74) is 1.74. The second-order valence-electron chi connectivity index (χ2n) is 6.61. The van der Waals surface area contributed by atoms with Crippen LogP contribution in [0.5, 0.6) is 0 Å². The zero-order valence-electron chi connectivity index (χ0n) is 16.4. The Kier molecular flexibility index (Phi) is 6.46. The predicted molar refractivity (Wildman–Crippen MR) is 112 cm³/mol. The summed E-state index contributed by atoms with van der Waals surface area (Å²) in [6.07, 6.45) is 0. The zero-order valence-corrected chi connectivity index (χ0v) is 17.2. The number of carbonyl (C=O) groups is 1. The van der Waals surface area contributed by atoms with Gasteiger partial charge < -0.3 is 4.74 Å². The van der Waals surface area contributed by atoms with E-state index in [4.69, 9.17) is 4.74 Å². The van der Waals surface area contributed by atoms with Gasteiger partial charge in [-0.25, -0.2) is 13.2 Å². The number of carbonyl (C=O) groups excluding carboxylic acids is 1. The van der Waals surface area contributed by atoms with Gasteiger partial charge >= 0.3 is 5.97 Å². The molecule has 0 N–H and O–H groups in total. The van der Waals surface area contributed by atoms with Crippen LogP contribution in [0.4, 0.5) is 0 Å². The van der Waals surface area contributed by atoms with Crippen molar-refractivity contribution in [3.8, 4) is 0 Å². The van der Waals surface area contributed by atoms with Gasteiger partial charge in [0, 0.05) is 12.6 Å². The standard InChI is InChI=1S/C23H23NO4S/c1-18(20-13-7-4-8-14-20)24(17-19-11-5-3-6-12-19)29(26,27)22-16-10-9-15-21(22)23(25)28-2/h3-16,18H,17H2,1-2H3. The van der Waals surface area contributed by atoms with Gasteiger partial charge in [-0.2, -0.15) is 4.31 Å². The van der Waals surface area contributed by atoms with Crippen LogP contribution in [0.1, 0.15) is 34.5 Å². The molecule has 0 fully saturated rings. The molecule has 0 aliphatic rings. The highest BCUT2D eigenvalue weighted by Crippen LogP contribution is 2.31. The molecule has 150 valence electrons. The van der Waals surface area contributed by atoms with Crippen molar-refractivity contribution in [1.82, 2.24) is 4.31 Å². The lowest BCUT2D eigenvalue weighted by molar-refractivity contribution is 0.0596. The van der Waals surface area contributed by atoms with Crippen molar-refractivity contribution < 1.29 is 17.9 Å². The Labute approximate surface area is 171 Å². The Morgan fingerprint density at radius 1 is 0.897 bits per heavy atom. The molecular weight excluding hydrogens is 386 g/mol. The number of methoxy groups -OCH3 is 1. The van der Waals surface area contributed by atoms with Crippen molar-refractivity contribution in [3.63, 3.8) is 0 Å². The number of sulfonamides is 1. The molecule has 0 amide bonds. The highest BCUT2D eigenvalue weighted by molar-refractivity contribution is 7.89. The molecule has 3 aromatic rings. The van der Waals surface area contributed by atoms with Crippen LogP contribution >= 0.6 is 0 Å². The Bertz CT molecular complexity index is 1070. The molecule has 0 aromatic heterocycles. The average Bonchev–Trinajstić information content (AvgIpc) is 2.77. The van der Waals surface area contributed by atoms with E-state index in [1.807, 2.05) is 67.6 Å². The van der Waals surface area contributed by atoms with E-state index in [1.165, 1.54) is 23.5 Å². The minimum absolute atomic E-state index is 0.0216. The van der Waals surface area contributed by atoms with Gasteiger partial charge in [-0.15, -0.1) is 0 Å². The molecule has 0 radical (unpaired) electrons. The van der Waals surface area contributed by atoms with E-state index in [-0.39, 0.29) is 17.0 Å². The fraction of sp³-hybridized carbons (Fsp3) is 0.174. The normalized spacial score (nSPS) is 12.5. The fourth-order valence-corrected chi connectivity index (χ4v) is 4.98. The third-order valence-electron chi connectivity index (χ3n) is 4.77. The highest BCUT2D eigenvalue weighted by atomic mass is 32.2. The first kappa shape index (κ1) is 20.8. The van der Waals surface area contributed by atoms with Crippen LogP contribution in [0, 0.1) is 0 Å². The molecule has 1 atom stereocenters. The summed E-state index contributed by atoms with van der Waals surface area (Å²) in [5, 5.41) is 0. The lowest BCUT2D eigenvalue weighted by atomic mass is 10.1. The van der Waals surface area contributed by atoms with E-state index in [2.05, 4.69) is 0 Å². The summed E-state index contributed by atoms with van der Waals surface area (Å²) in [5.74, 6) is -0.684. The van der Waals surface area contributed by atoms with Crippen LogP contribution in [0.25, 0.3) is 0 Å². The van der Waals surface area contributed by atoms with Crippen LogP contribution in [0.2, 0.25) is 0 Å². The molecule has 0 bridgehead atoms. The van der Waals surface area contributed by atoms with Crippen molar-refractivity contribution >= 4 is 16.0 Å². The van der Waals surface area contributed by atoms with E-state index in [9.17, 15) is 13.2 Å². The van der Waals surface area contributed by atoms with Crippen LogP contribution in [0.3, 0.4) is 0 Å². The Morgan fingerprint density at radius 2 is 1.45 bits per heavy atom. The molecular formula is C23H23NO4S. The van der Waals surface area contributed by atoms with E-state index < -0.39 is 22.0 Å². The molecule has 0 saturated heterocycles. The summed E-state index contributed by atoms with van der Waals surface area (Å²) in [6, 6.07) is 24.5. The average molecular weight is 410 g/mol. The molecule has 0 spiro atoms. The van der Waals surface area contributed by atoms with Gasteiger partial charge in [-0.05, 0) is 30.2 Å². The van der Waals surface area contributed by atoms with E-state index in [0.29, 0.717) is 0 Å². The van der Waals surface area contributed by atoms with Gasteiger partial charge in [0.25, 0.3) is 0 Å². The van der Waals surface area contributed by atoms with E-state index in [1.54, 1.807) is 12.1 Å². The maximum absolute atomic E-state index is 13.7. The van der Waals surface area contributed by atoms with Gasteiger partial charge in [-0.1, -0.05) is 72.8 Å². The van der Waals surface area contributed by atoms with Crippen molar-refractivity contribution in [1.29, 1.82) is 0 Å². The second kappa shape index (κ2) is 9.03. The summed E-state index contributed by atoms with van der Waals surface area (Å²) in [4.78, 5) is 12.1. The van der Waals surface area contributed by atoms with Crippen LogP contribution in [0.15, 0.2) is 89.8 Å². The number of hydrogen-bond donors (Lipinski definition) is 0. The third-order valence-corrected chi connectivity index (χ3v) is 6.75. The lowest BCUT2D eigenvalue weighted by Crippen LogP contribution is -2.34. The summed E-state index contributed by atoms with van der Waals surface area (Å²) < 4.78 is 33.6. The fourth-order valence-electron chi connectivity index (χ4n) is 3.19. The first-order valence-corrected chi connectivity index (χ1v) is 10.7. The molecule has 29 heavy (non-hydrogen) atoms. The quantitative estimate of drug-likeness (QED) is 0.542. The van der Waals surface area contributed by atoms with Crippen LogP contribution in [-0.2, 0) is 21.3 Å². The number of esters is 1. The van der Waals surface area contributed by atoms with Gasteiger partial charge in [0.05, 0.1) is 17.6 Å². The summed E-state index contributed by atoms with van der Waals surface area (Å²) >= 11 is 0. The van der Waals surface area contributed by atoms with Gasteiger partial charge in [0.2, 0.25) is 10.0 Å². The maximum Gasteiger partial charge on any atom is 0.339 e. The summed E-state index contributed by atoms with van der Waals surface area (Å²) in [7, 11) is -2.76. The number of hydrogen-bond acceptors (Lipinski definition) is 4. The lowest BCUT2D eigenvalue weighted by Gasteiger charge is -2.29. The van der Waals surface area contributed by atoms with E-state index in [0.717, 1.165) is 11.1 Å². The second-order valence-corrected chi connectivity index (χ2v) is 8.47. The van der Waals surface area contributed by atoms with Crippen molar-refractivity contribution in [2.75, 3.05) is 7.11 Å². The first-order chi connectivity index (χ1) is 13.9. The minimum Gasteiger partial charge on any atom is -0.465 e. The third kappa shape index (κ3) is 4.55. The zero-order chi connectivity index (χ0) is 20.9. The topological polar surface area (TPSA) is 63.7 Å². The largest absolute Gasteiger partial charge is 0.465 e. The molecule has 5 nitrogen and oxygen atoms in total. The number of rotatable bonds is 7. The monoisotopic (exact) mass is 409 g/mol. The Morgan fingerprint density at radius 3 is 2.07 bits per heavy atom. The number of ether oxygens (including phenoxy) is 1. The van der Waals surface area contributed by atoms with Gasteiger partial charge in [0.1, 0.15) is 0 Å². The highest BCUT2D eigenvalue weighted by Gasteiger charge is 2.33. The minimum atomic E-state index is -4.00. The smallest absolute Gasteiger partial charge is 0.339 e. The molecule has 0 heterocycles. The molecule has 0 aliphatic carbocycles. The molecule has 0 saturated carbocycles. The Balaban J connectivity index is 2.11. The molecule has 3 aromatic carbocycles. The predicted octanol–water partition coefficient (Wildman–Crippen LogP) is 4.43.